The Hall–Kier alpha value is -0.940. The van der Waals surface area contributed by atoms with Crippen LogP contribution in [0.2, 0.25) is 0 Å². The Balaban J connectivity index is 2.06. The Morgan fingerprint density at radius 1 is 1.21 bits per heavy atom. The molecule has 0 saturated heterocycles. The summed E-state index contributed by atoms with van der Waals surface area (Å²) in [4.78, 5) is 0. The van der Waals surface area contributed by atoms with Gasteiger partial charge in [0.15, 0.2) is 9.84 Å². The van der Waals surface area contributed by atoms with E-state index in [0.717, 1.165) is 19.3 Å². The lowest BCUT2D eigenvalue weighted by atomic mass is 9.86. The van der Waals surface area contributed by atoms with Crippen molar-refractivity contribution in [2.45, 2.75) is 43.5 Å². The van der Waals surface area contributed by atoms with Crippen molar-refractivity contribution >= 4 is 9.84 Å². The fraction of sp³-hybridized carbons (Fsp3) is 0.571. The van der Waals surface area contributed by atoms with Gasteiger partial charge in [-0.05, 0) is 30.5 Å². The van der Waals surface area contributed by atoms with Gasteiger partial charge in [-0.3, -0.25) is 0 Å². The van der Waals surface area contributed by atoms with Crippen molar-refractivity contribution in [1.82, 2.24) is 0 Å². The number of rotatable bonds is 4. The lowest BCUT2D eigenvalue weighted by molar-refractivity contribution is 0.0257. The maximum atomic E-state index is 13.0. The molecule has 0 spiro atoms. The molecule has 2 rings (SSSR count). The summed E-state index contributed by atoms with van der Waals surface area (Å²) in [6, 6.07) is 5.59. The molecular weight excluding hydrogens is 267 g/mol. The summed E-state index contributed by atoms with van der Waals surface area (Å²) >= 11 is 0. The largest absolute Gasteiger partial charge is 0.389 e. The molecule has 1 aliphatic rings. The van der Waals surface area contributed by atoms with Crippen LogP contribution in [-0.4, -0.2) is 24.9 Å². The molecule has 0 aliphatic heterocycles. The van der Waals surface area contributed by atoms with Crippen molar-refractivity contribution in [2.75, 3.05) is 5.75 Å². The van der Waals surface area contributed by atoms with Crippen LogP contribution in [0.25, 0.3) is 0 Å². The third kappa shape index (κ3) is 4.28. The standard InChI is InChI=1S/C14H19FO3S/c15-13-6-4-5-12(9-13)10-19(17,18)11-14(16)7-2-1-3-8-14/h4-6,9,16H,1-3,7-8,10-11H2. The van der Waals surface area contributed by atoms with Gasteiger partial charge in [0.25, 0.3) is 0 Å². The molecule has 106 valence electrons. The number of aliphatic hydroxyl groups is 1. The highest BCUT2D eigenvalue weighted by Crippen LogP contribution is 2.30. The van der Waals surface area contributed by atoms with Crippen molar-refractivity contribution in [2.24, 2.45) is 0 Å². The van der Waals surface area contributed by atoms with Crippen LogP contribution in [0.15, 0.2) is 24.3 Å². The second kappa shape index (κ2) is 5.59. The molecule has 0 amide bonds. The number of sulfone groups is 1. The van der Waals surface area contributed by atoms with Crippen molar-refractivity contribution in [3.05, 3.63) is 35.6 Å². The SMILES string of the molecule is O=S(=O)(Cc1cccc(F)c1)CC1(O)CCCCC1. The predicted octanol–water partition coefficient (Wildman–Crippen LogP) is 2.44. The number of hydrogen-bond donors (Lipinski definition) is 1. The molecule has 3 nitrogen and oxygen atoms in total. The van der Waals surface area contributed by atoms with E-state index in [1.807, 2.05) is 0 Å². The molecular formula is C14H19FO3S. The minimum atomic E-state index is -3.43. The van der Waals surface area contributed by atoms with Crippen molar-refractivity contribution < 1.29 is 17.9 Å². The van der Waals surface area contributed by atoms with Crippen molar-refractivity contribution in [3.8, 4) is 0 Å². The molecule has 0 heterocycles. The predicted molar refractivity (Wildman–Crippen MR) is 71.9 cm³/mol. The lowest BCUT2D eigenvalue weighted by Crippen LogP contribution is -2.39. The van der Waals surface area contributed by atoms with E-state index in [2.05, 4.69) is 0 Å². The van der Waals surface area contributed by atoms with E-state index >= 15 is 0 Å². The summed E-state index contributed by atoms with van der Waals surface area (Å²) in [5.74, 6) is -0.882. The van der Waals surface area contributed by atoms with E-state index in [1.165, 1.54) is 18.2 Å². The van der Waals surface area contributed by atoms with Gasteiger partial charge >= 0.3 is 0 Å². The summed E-state index contributed by atoms with van der Waals surface area (Å²) in [6.45, 7) is 0. The highest BCUT2D eigenvalue weighted by atomic mass is 32.2. The van der Waals surface area contributed by atoms with Gasteiger partial charge in [0.05, 0.1) is 17.1 Å². The van der Waals surface area contributed by atoms with Gasteiger partial charge in [0.2, 0.25) is 0 Å². The molecule has 5 heteroatoms. The molecule has 1 aromatic rings. The highest BCUT2D eigenvalue weighted by Gasteiger charge is 2.34. The summed E-state index contributed by atoms with van der Waals surface area (Å²) in [5.41, 5.74) is -0.663. The first-order valence-electron chi connectivity index (χ1n) is 6.56. The Labute approximate surface area is 113 Å². The van der Waals surface area contributed by atoms with Gasteiger partial charge in [-0.1, -0.05) is 31.4 Å². The first-order valence-corrected chi connectivity index (χ1v) is 8.38. The minimum absolute atomic E-state index is 0.215. The number of hydrogen-bond acceptors (Lipinski definition) is 3. The van der Waals surface area contributed by atoms with Crippen molar-refractivity contribution in [1.29, 1.82) is 0 Å². The van der Waals surface area contributed by atoms with Crippen LogP contribution in [0.4, 0.5) is 4.39 Å². The zero-order valence-electron chi connectivity index (χ0n) is 10.8. The van der Waals surface area contributed by atoms with Crippen LogP contribution in [-0.2, 0) is 15.6 Å². The molecule has 19 heavy (non-hydrogen) atoms. The van der Waals surface area contributed by atoms with Gasteiger partial charge < -0.3 is 5.11 Å². The van der Waals surface area contributed by atoms with E-state index in [0.29, 0.717) is 18.4 Å². The zero-order valence-corrected chi connectivity index (χ0v) is 11.6. The topological polar surface area (TPSA) is 54.4 Å². The molecule has 1 N–H and O–H groups in total. The number of halogens is 1. The highest BCUT2D eigenvalue weighted by molar-refractivity contribution is 7.90. The molecule has 1 aliphatic carbocycles. The third-order valence-electron chi connectivity index (χ3n) is 3.55. The average Bonchev–Trinajstić information content (AvgIpc) is 2.27. The normalized spacial score (nSPS) is 19.3. The fourth-order valence-corrected chi connectivity index (χ4v) is 4.59. The van der Waals surface area contributed by atoms with E-state index < -0.39 is 21.3 Å². The summed E-state index contributed by atoms with van der Waals surface area (Å²) in [6.07, 6.45) is 3.86. The molecule has 0 bridgehead atoms. The van der Waals surface area contributed by atoms with Crippen LogP contribution in [0.5, 0.6) is 0 Å². The lowest BCUT2D eigenvalue weighted by Gasteiger charge is -2.31. The van der Waals surface area contributed by atoms with Gasteiger partial charge in [0, 0.05) is 0 Å². The molecule has 0 radical (unpaired) electrons. The minimum Gasteiger partial charge on any atom is -0.389 e. The van der Waals surface area contributed by atoms with Gasteiger partial charge in [-0.15, -0.1) is 0 Å². The van der Waals surface area contributed by atoms with E-state index in [4.69, 9.17) is 0 Å². The molecule has 1 fully saturated rings. The van der Waals surface area contributed by atoms with Crippen LogP contribution >= 0.6 is 0 Å². The van der Waals surface area contributed by atoms with E-state index in [1.54, 1.807) is 6.07 Å². The Bertz CT molecular complexity index is 533. The summed E-state index contributed by atoms with van der Waals surface area (Å²) < 4.78 is 37.2. The molecule has 0 unspecified atom stereocenters. The second-order valence-electron chi connectivity index (χ2n) is 5.45. The van der Waals surface area contributed by atoms with Gasteiger partial charge in [-0.2, -0.15) is 0 Å². The monoisotopic (exact) mass is 286 g/mol. The van der Waals surface area contributed by atoms with Crippen LogP contribution in [0.3, 0.4) is 0 Å². The Morgan fingerprint density at radius 3 is 2.53 bits per heavy atom. The Morgan fingerprint density at radius 2 is 1.89 bits per heavy atom. The molecule has 0 atom stereocenters. The van der Waals surface area contributed by atoms with Gasteiger partial charge in [0.1, 0.15) is 5.82 Å². The maximum absolute atomic E-state index is 13.0. The Kier molecular flexibility index (Phi) is 4.26. The zero-order chi connectivity index (χ0) is 13.9. The average molecular weight is 286 g/mol. The fourth-order valence-electron chi connectivity index (χ4n) is 2.70. The molecule has 1 saturated carbocycles. The van der Waals surface area contributed by atoms with Crippen LogP contribution < -0.4 is 0 Å². The smallest absolute Gasteiger partial charge is 0.157 e. The first-order chi connectivity index (χ1) is 8.89. The van der Waals surface area contributed by atoms with Gasteiger partial charge in [-0.25, -0.2) is 12.8 Å². The van der Waals surface area contributed by atoms with E-state index in [-0.39, 0.29) is 11.5 Å². The van der Waals surface area contributed by atoms with Crippen LogP contribution in [0.1, 0.15) is 37.7 Å². The third-order valence-corrected chi connectivity index (χ3v) is 5.30. The number of benzene rings is 1. The second-order valence-corrected chi connectivity index (χ2v) is 7.51. The summed E-state index contributed by atoms with van der Waals surface area (Å²) in [7, 11) is -3.43. The first kappa shape index (κ1) is 14.5. The van der Waals surface area contributed by atoms with Crippen molar-refractivity contribution in [3.63, 3.8) is 0 Å². The van der Waals surface area contributed by atoms with Crippen LogP contribution in [0, 0.1) is 5.82 Å². The molecule has 0 aromatic heterocycles. The quantitative estimate of drug-likeness (QED) is 0.925. The summed E-state index contributed by atoms with van der Waals surface area (Å²) in [5, 5.41) is 10.3. The maximum Gasteiger partial charge on any atom is 0.157 e. The van der Waals surface area contributed by atoms with E-state index in [9.17, 15) is 17.9 Å². The molecule has 1 aromatic carbocycles.